The van der Waals surface area contributed by atoms with Gasteiger partial charge in [-0.05, 0) is 23.6 Å². The van der Waals surface area contributed by atoms with Gasteiger partial charge in [0.15, 0.2) is 5.78 Å². The SMILES string of the molecule is CC.CC.CC(=O)NCCc1ccccc1C(=O)/C=C/c1ccccc1. The molecule has 0 unspecified atom stereocenters. The zero-order valence-corrected chi connectivity index (χ0v) is 16.6. The Morgan fingerprint density at radius 2 is 1.46 bits per heavy atom. The summed E-state index contributed by atoms with van der Waals surface area (Å²) in [7, 11) is 0. The molecule has 0 bridgehead atoms. The van der Waals surface area contributed by atoms with E-state index in [-0.39, 0.29) is 11.7 Å². The number of amides is 1. The summed E-state index contributed by atoms with van der Waals surface area (Å²) in [5, 5.41) is 2.75. The van der Waals surface area contributed by atoms with Gasteiger partial charge in [-0.15, -0.1) is 0 Å². The van der Waals surface area contributed by atoms with Gasteiger partial charge in [-0.3, -0.25) is 9.59 Å². The molecule has 0 atom stereocenters. The normalized spacial score (nSPS) is 9.42. The summed E-state index contributed by atoms with van der Waals surface area (Å²) in [6, 6.07) is 17.2. The van der Waals surface area contributed by atoms with Crippen LogP contribution in [-0.2, 0) is 11.2 Å². The first kappa shape index (κ1) is 23.3. The molecule has 0 heterocycles. The van der Waals surface area contributed by atoms with E-state index in [1.54, 1.807) is 6.08 Å². The number of hydrogen-bond acceptors (Lipinski definition) is 2. The molecule has 1 amide bonds. The molecule has 0 aliphatic carbocycles. The van der Waals surface area contributed by atoms with Crippen LogP contribution in [0, 0.1) is 0 Å². The van der Waals surface area contributed by atoms with Crippen LogP contribution in [0.15, 0.2) is 60.7 Å². The largest absolute Gasteiger partial charge is 0.356 e. The third-order valence-corrected chi connectivity index (χ3v) is 3.28. The number of ketones is 1. The molecule has 3 nitrogen and oxygen atoms in total. The minimum absolute atomic E-state index is 0.0257. The van der Waals surface area contributed by atoms with Crippen molar-refractivity contribution in [1.29, 1.82) is 0 Å². The maximum atomic E-state index is 12.4. The van der Waals surface area contributed by atoms with Crippen LogP contribution in [0.3, 0.4) is 0 Å². The van der Waals surface area contributed by atoms with Crippen molar-refractivity contribution in [2.24, 2.45) is 0 Å². The molecule has 26 heavy (non-hydrogen) atoms. The minimum atomic E-state index is -0.0622. The Morgan fingerprint density at radius 3 is 2.08 bits per heavy atom. The Balaban J connectivity index is 0.00000146. The summed E-state index contributed by atoms with van der Waals surface area (Å²) in [5.41, 5.74) is 2.62. The van der Waals surface area contributed by atoms with Crippen LogP contribution in [0.5, 0.6) is 0 Å². The van der Waals surface area contributed by atoms with Crippen LogP contribution in [0.1, 0.15) is 56.1 Å². The van der Waals surface area contributed by atoms with Crippen LogP contribution in [0.4, 0.5) is 0 Å². The smallest absolute Gasteiger partial charge is 0.216 e. The molecular formula is C23H31NO2. The van der Waals surface area contributed by atoms with Gasteiger partial charge in [-0.2, -0.15) is 0 Å². The van der Waals surface area contributed by atoms with Gasteiger partial charge in [0, 0.05) is 19.0 Å². The summed E-state index contributed by atoms with van der Waals surface area (Å²) in [6.07, 6.45) is 4.04. The lowest BCUT2D eigenvalue weighted by Gasteiger charge is -2.07. The van der Waals surface area contributed by atoms with Crippen molar-refractivity contribution < 1.29 is 9.59 Å². The lowest BCUT2D eigenvalue weighted by atomic mass is 10.00. The molecule has 3 heteroatoms. The predicted molar refractivity (Wildman–Crippen MR) is 111 cm³/mol. The fraction of sp³-hybridized carbons (Fsp3) is 0.304. The zero-order chi connectivity index (χ0) is 19.8. The van der Waals surface area contributed by atoms with E-state index < -0.39 is 0 Å². The maximum absolute atomic E-state index is 12.4. The molecule has 0 saturated carbocycles. The molecule has 2 rings (SSSR count). The Morgan fingerprint density at radius 1 is 0.885 bits per heavy atom. The summed E-state index contributed by atoms with van der Waals surface area (Å²) >= 11 is 0. The summed E-state index contributed by atoms with van der Waals surface area (Å²) in [4.78, 5) is 23.3. The van der Waals surface area contributed by atoms with E-state index in [0.29, 0.717) is 18.5 Å². The second kappa shape index (κ2) is 14.6. The van der Waals surface area contributed by atoms with Crippen molar-refractivity contribution in [3.05, 3.63) is 77.4 Å². The van der Waals surface area contributed by atoms with Gasteiger partial charge in [0.25, 0.3) is 0 Å². The Labute approximate surface area is 158 Å². The predicted octanol–water partition coefficient (Wildman–Crippen LogP) is 5.31. The summed E-state index contributed by atoms with van der Waals surface area (Å²) in [6.45, 7) is 10.0. The van der Waals surface area contributed by atoms with E-state index in [2.05, 4.69) is 5.32 Å². The van der Waals surface area contributed by atoms with Crippen LogP contribution in [0.25, 0.3) is 6.08 Å². The van der Waals surface area contributed by atoms with Gasteiger partial charge >= 0.3 is 0 Å². The van der Waals surface area contributed by atoms with Gasteiger partial charge in [0.2, 0.25) is 5.91 Å². The highest BCUT2D eigenvalue weighted by Crippen LogP contribution is 2.12. The molecule has 0 spiro atoms. The molecule has 0 aliphatic rings. The number of carbonyl (C=O) groups excluding carboxylic acids is 2. The minimum Gasteiger partial charge on any atom is -0.356 e. The van der Waals surface area contributed by atoms with Gasteiger partial charge in [-0.25, -0.2) is 0 Å². The molecule has 0 aliphatic heterocycles. The molecule has 2 aromatic rings. The molecular weight excluding hydrogens is 322 g/mol. The summed E-state index contributed by atoms with van der Waals surface area (Å²) < 4.78 is 0. The number of benzene rings is 2. The van der Waals surface area contributed by atoms with E-state index >= 15 is 0 Å². The number of carbonyl (C=O) groups is 2. The lowest BCUT2D eigenvalue weighted by Crippen LogP contribution is -2.22. The van der Waals surface area contributed by atoms with Crippen LogP contribution < -0.4 is 5.32 Å². The van der Waals surface area contributed by atoms with Crippen LogP contribution in [-0.4, -0.2) is 18.2 Å². The van der Waals surface area contributed by atoms with Crippen molar-refractivity contribution in [2.45, 2.75) is 41.0 Å². The monoisotopic (exact) mass is 353 g/mol. The third-order valence-electron chi connectivity index (χ3n) is 3.28. The van der Waals surface area contributed by atoms with E-state index in [1.807, 2.05) is 88.4 Å². The first-order valence-corrected chi connectivity index (χ1v) is 9.26. The Bertz CT molecular complexity index is 676. The van der Waals surface area contributed by atoms with Gasteiger partial charge in [0.1, 0.15) is 0 Å². The second-order valence-corrected chi connectivity index (χ2v) is 5.00. The van der Waals surface area contributed by atoms with Gasteiger partial charge < -0.3 is 5.32 Å². The molecule has 0 fully saturated rings. The third kappa shape index (κ3) is 8.97. The van der Waals surface area contributed by atoms with Crippen molar-refractivity contribution in [1.82, 2.24) is 5.32 Å². The average Bonchev–Trinajstić information content (AvgIpc) is 2.70. The first-order valence-electron chi connectivity index (χ1n) is 9.26. The highest BCUT2D eigenvalue weighted by atomic mass is 16.1. The molecule has 0 aromatic heterocycles. The number of rotatable bonds is 6. The lowest BCUT2D eigenvalue weighted by molar-refractivity contribution is -0.118. The molecule has 0 saturated heterocycles. The number of nitrogens with one attached hydrogen (secondary N) is 1. The molecule has 2 aromatic carbocycles. The molecule has 140 valence electrons. The fourth-order valence-corrected chi connectivity index (χ4v) is 2.18. The Kier molecular flexibility index (Phi) is 13.1. The highest BCUT2D eigenvalue weighted by molar-refractivity contribution is 6.07. The molecule has 0 radical (unpaired) electrons. The maximum Gasteiger partial charge on any atom is 0.216 e. The zero-order valence-electron chi connectivity index (χ0n) is 16.6. The van der Waals surface area contributed by atoms with Crippen LogP contribution in [0.2, 0.25) is 0 Å². The second-order valence-electron chi connectivity index (χ2n) is 5.00. The van der Waals surface area contributed by atoms with Crippen molar-refractivity contribution >= 4 is 17.8 Å². The van der Waals surface area contributed by atoms with E-state index in [0.717, 1.165) is 11.1 Å². The van der Waals surface area contributed by atoms with E-state index in [4.69, 9.17) is 0 Å². The molecule has 1 N–H and O–H groups in total. The quantitative estimate of drug-likeness (QED) is 0.565. The average molecular weight is 354 g/mol. The number of allylic oxidation sites excluding steroid dienone is 1. The fourth-order valence-electron chi connectivity index (χ4n) is 2.18. The summed E-state index contributed by atoms with van der Waals surface area (Å²) in [5.74, 6) is -0.0879. The van der Waals surface area contributed by atoms with Gasteiger partial charge in [0.05, 0.1) is 0 Å². The first-order chi connectivity index (χ1) is 12.7. The van der Waals surface area contributed by atoms with Crippen molar-refractivity contribution in [3.63, 3.8) is 0 Å². The Hall–Kier alpha value is -2.68. The van der Waals surface area contributed by atoms with E-state index in [1.165, 1.54) is 6.92 Å². The highest BCUT2D eigenvalue weighted by Gasteiger charge is 2.08. The van der Waals surface area contributed by atoms with Crippen molar-refractivity contribution in [3.8, 4) is 0 Å². The standard InChI is InChI=1S/C19H19NO2.2C2H6/c1-15(21)20-14-13-17-9-5-6-10-18(17)19(22)12-11-16-7-3-2-4-8-16;2*1-2/h2-12H,13-14H2,1H3,(H,20,21);2*1-2H3/b12-11+;;. The van der Waals surface area contributed by atoms with Gasteiger partial charge in [-0.1, -0.05) is 88.4 Å². The van der Waals surface area contributed by atoms with Crippen molar-refractivity contribution in [2.75, 3.05) is 6.54 Å². The topological polar surface area (TPSA) is 46.2 Å². The number of hydrogen-bond donors (Lipinski definition) is 1. The van der Waals surface area contributed by atoms with Crippen LogP contribution >= 0.6 is 0 Å². The van der Waals surface area contributed by atoms with E-state index in [9.17, 15) is 9.59 Å².